The number of anilines is 2. The third-order valence-electron chi connectivity index (χ3n) is 8.66. The summed E-state index contributed by atoms with van der Waals surface area (Å²) in [5.74, 6) is 0.946. The highest BCUT2D eigenvalue weighted by Crippen LogP contribution is 2.47. The summed E-state index contributed by atoms with van der Waals surface area (Å²) in [6.07, 6.45) is 2.01. The summed E-state index contributed by atoms with van der Waals surface area (Å²) in [5, 5.41) is 12.4. The molecule has 10 heteroatoms. The molecular weight excluding hydrogens is 596 g/mol. The number of aryl methyl sites for hydroxylation is 2. The number of fused-ring (bicyclic) bond motifs is 1. The molecule has 0 spiro atoms. The predicted octanol–water partition coefficient (Wildman–Crippen LogP) is 6.69. The van der Waals surface area contributed by atoms with Crippen LogP contribution in [0.5, 0.6) is 11.8 Å². The van der Waals surface area contributed by atoms with Crippen LogP contribution in [0.25, 0.3) is 0 Å². The molecule has 2 aromatic carbocycles. The molecule has 2 aromatic heterocycles. The summed E-state index contributed by atoms with van der Waals surface area (Å²) >= 11 is 0. The van der Waals surface area contributed by atoms with Gasteiger partial charge in [0.1, 0.15) is 5.76 Å². The molecule has 0 unspecified atom stereocenters. The van der Waals surface area contributed by atoms with Crippen molar-refractivity contribution >= 4 is 17.5 Å². The average molecular weight is 643 g/mol. The van der Waals surface area contributed by atoms with Crippen LogP contribution in [0.3, 0.4) is 0 Å². The van der Waals surface area contributed by atoms with Crippen LogP contribution in [0.1, 0.15) is 90.7 Å². The van der Waals surface area contributed by atoms with Crippen molar-refractivity contribution in [2.24, 2.45) is 0 Å². The Bertz CT molecular complexity index is 1700. The zero-order chi connectivity index (χ0) is 33.9. The summed E-state index contributed by atoms with van der Waals surface area (Å²) in [6.45, 7) is 13.6. The van der Waals surface area contributed by atoms with Gasteiger partial charge in [-0.2, -0.15) is 9.97 Å². The van der Waals surface area contributed by atoms with Crippen molar-refractivity contribution in [3.63, 3.8) is 0 Å². The highest BCUT2D eigenvalue weighted by Gasteiger charge is 2.43. The number of rotatable bonds is 13. The molecular formula is C37H46N4O6. The number of ether oxygens (including phenoxy) is 3. The van der Waals surface area contributed by atoms with Crippen LogP contribution in [0.15, 0.2) is 52.9 Å². The van der Waals surface area contributed by atoms with Gasteiger partial charge in [-0.15, -0.1) is 0 Å². The summed E-state index contributed by atoms with van der Waals surface area (Å²) in [4.78, 5) is 24.6. The minimum Gasteiger partial charge on any atom is -0.479 e. The van der Waals surface area contributed by atoms with Crippen LogP contribution in [-0.4, -0.2) is 48.4 Å². The number of aliphatic hydroxyl groups is 1. The Balaban J connectivity index is 1.36. The van der Waals surface area contributed by atoms with Crippen LogP contribution in [0, 0.1) is 6.92 Å². The van der Waals surface area contributed by atoms with Gasteiger partial charge in [-0.25, -0.2) is 0 Å². The van der Waals surface area contributed by atoms with Crippen molar-refractivity contribution in [2.75, 3.05) is 37.6 Å². The lowest BCUT2D eigenvalue weighted by Crippen LogP contribution is -2.27. The van der Waals surface area contributed by atoms with E-state index in [0.717, 1.165) is 23.1 Å². The molecule has 1 amide bonds. The molecule has 0 radical (unpaired) electrons. The normalized spacial score (nSPS) is 14.5. The monoisotopic (exact) mass is 642 g/mol. The maximum atomic E-state index is 13.4. The van der Waals surface area contributed by atoms with Gasteiger partial charge in [0.15, 0.2) is 11.4 Å². The van der Waals surface area contributed by atoms with Crippen LogP contribution < -0.4 is 19.7 Å². The average Bonchev–Trinajstić information content (AvgIpc) is 3.58. The fourth-order valence-corrected chi connectivity index (χ4v) is 6.21. The van der Waals surface area contributed by atoms with Gasteiger partial charge in [-0.1, -0.05) is 43.3 Å². The Hall–Kier alpha value is -4.41. The van der Waals surface area contributed by atoms with Gasteiger partial charge >= 0.3 is 0 Å². The molecule has 0 fully saturated rings. The van der Waals surface area contributed by atoms with E-state index in [9.17, 15) is 9.90 Å². The number of hydrogen-bond donors (Lipinski definition) is 2. The zero-order valence-electron chi connectivity index (χ0n) is 28.7. The Morgan fingerprint density at radius 2 is 1.55 bits per heavy atom. The minimum atomic E-state index is -0.487. The van der Waals surface area contributed by atoms with E-state index in [2.05, 4.69) is 93.2 Å². The third kappa shape index (κ3) is 7.29. The lowest BCUT2D eigenvalue weighted by Gasteiger charge is -2.24. The Kier molecular flexibility index (Phi) is 9.93. The number of nitrogens with zero attached hydrogens (tertiary/aromatic N) is 3. The van der Waals surface area contributed by atoms with Gasteiger partial charge in [-0.05, 0) is 93.0 Å². The molecule has 250 valence electrons. The Morgan fingerprint density at radius 1 is 0.936 bits per heavy atom. The van der Waals surface area contributed by atoms with Crippen molar-refractivity contribution < 1.29 is 28.5 Å². The van der Waals surface area contributed by atoms with Crippen molar-refractivity contribution in [2.45, 2.75) is 78.6 Å². The number of aromatic nitrogens is 2. The summed E-state index contributed by atoms with van der Waals surface area (Å²) in [7, 11) is 2.94. The smallest absolute Gasteiger partial charge is 0.291 e. The van der Waals surface area contributed by atoms with E-state index in [4.69, 9.17) is 18.6 Å². The van der Waals surface area contributed by atoms with E-state index in [1.54, 1.807) is 6.07 Å². The largest absolute Gasteiger partial charge is 0.479 e. The van der Waals surface area contributed by atoms with Gasteiger partial charge < -0.3 is 34.0 Å². The van der Waals surface area contributed by atoms with Crippen molar-refractivity contribution in [3.05, 3.63) is 93.4 Å². The molecule has 1 aliphatic rings. The Morgan fingerprint density at radius 3 is 2.15 bits per heavy atom. The summed E-state index contributed by atoms with van der Waals surface area (Å²) in [5.41, 5.74) is 6.36. The quantitative estimate of drug-likeness (QED) is 0.164. The number of aliphatic hydroxyl groups excluding tert-OH is 1. The first-order chi connectivity index (χ1) is 22.4. The number of carbonyl (C=O) groups is 1. The molecule has 0 bridgehead atoms. The highest BCUT2D eigenvalue weighted by atomic mass is 16.5. The second-order valence-corrected chi connectivity index (χ2v) is 12.9. The molecule has 1 aliphatic heterocycles. The molecule has 2 N–H and O–H groups in total. The number of carbonyl (C=O) groups excluding carboxylic acids is 1. The van der Waals surface area contributed by atoms with E-state index in [1.165, 1.54) is 30.9 Å². The molecule has 0 aliphatic carbocycles. The summed E-state index contributed by atoms with van der Waals surface area (Å²) < 4.78 is 23.6. The van der Waals surface area contributed by atoms with Crippen molar-refractivity contribution in [1.82, 2.24) is 9.97 Å². The number of nitrogens with one attached hydrogen (secondary N) is 1. The van der Waals surface area contributed by atoms with Crippen LogP contribution in [-0.2, 0) is 35.3 Å². The third-order valence-corrected chi connectivity index (χ3v) is 8.66. The van der Waals surface area contributed by atoms with E-state index in [1.807, 2.05) is 11.0 Å². The van der Waals surface area contributed by atoms with Gasteiger partial charge in [0.25, 0.3) is 5.91 Å². The van der Waals surface area contributed by atoms with E-state index in [0.29, 0.717) is 37.6 Å². The molecule has 47 heavy (non-hydrogen) atoms. The SMILES string of the molecule is CCc1ccc(CN(CCCO)c2nc(OC)c(NC(=O)c3ccc(Cc4cc5c(cc4C)C(C)(C)OC5(C)C)o3)c(OC)n2)cc1. The maximum absolute atomic E-state index is 13.4. The molecule has 0 atom stereocenters. The van der Waals surface area contributed by atoms with Crippen molar-refractivity contribution in [1.29, 1.82) is 0 Å². The Labute approximate surface area is 277 Å². The highest BCUT2D eigenvalue weighted by molar-refractivity contribution is 6.03. The second kappa shape index (κ2) is 13.8. The summed E-state index contributed by atoms with van der Waals surface area (Å²) in [6, 6.07) is 16.2. The van der Waals surface area contributed by atoms with Crippen LogP contribution in [0.2, 0.25) is 0 Å². The van der Waals surface area contributed by atoms with E-state index >= 15 is 0 Å². The zero-order valence-corrected chi connectivity index (χ0v) is 28.7. The number of amides is 1. The number of furan rings is 1. The van der Waals surface area contributed by atoms with Crippen LogP contribution in [0.4, 0.5) is 11.6 Å². The van der Waals surface area contributed by atoms with Gasteiger partial charge in [-0.3, -0.25) is 4.79 Å². The maximum Gasteiger partial charge on any atom is 0.291 e. The fourth-order valence-electron chi connectivity index (χ4n) is 6.21. The first kappa shape index (κ1) is 33.9. The second-order valence-electron chi connectivity index (χ2n) is 12.9. The molecule has 5 rings (SSSR count). The van der Waals surface area contributed by atoms with Crippen LogP contribution >= 0.6 is 0 Å². The number of methoxy groups -OCH3 is 2. The molecule has 0 saturated heterocycles. The first-order valence-corrected chi connectivity index (χ1v) is 16.1. The van der Waals surface area contributed by atoms with Gasteiger partial charge in [0.2, 0.25) is 17.7 Å². The lowest BCUT2D eigenvalue weighted by atomic mass is 9.86. The van der Waals surface area contributed by atoms with E-state index < -0.39 is 11.5 Å². The topological polar surface area (TPSA) is 119 Å². The number of benzene rings is 2. The lowest BCUT2D eigenvalue weighted by molar-refractivity contribution is -0.105. The van der Waals surface area contributed by atoms with Gasteiger partial charge in [0.05, 0.1) is 25.4 Å². The number of hydrogen-bond acceptors (Lipinski definition) is 9. The molecule has 0 saturated carbocycles. The molecule has 10 nitrogen and oxygen atoms in total. The standard InChI is InChI=1S/C37H46N4O6/c1-9-24-11-13-25(14-12-24)22-41(17-10-18-42)35-39-33(44-7)31(34(40-35)45-8)38-32(43)30-16-15-27(46-30)20-26-21-29-28(19-23(26)2)36(3,4)47-37(29,5)6/h11-16,19,21,42H,9-10,17-18,20,22H2,1-8H3,(H,38,43). The predicted molar refractivity (Wildman–Crippen MR) is 181 cm³/mol. The van der Waals surface area contributed by atoms with Crippen molar-refractivity contribution in [3.8, 4) is 11.8 Å². The van der Waals surface area contributed by atoms with Gasteiger partial charge in [0, 0.05) is 26.1 Å². The minimum absolute atomic E-state index is 0.0233. The molecule has 3 heterocycles. The molecule has 4 aromatic rings. The first-order valence-electron chi connectivity index (χ1n) is 16.1. The van der Waals surface area contributed by atoms with E-state index in [-0.39, 0.29) is 35.4 Å². The fraction of sp³-hybridized carbons (Fsp3) is 0.432.